The number of rotatable bonds is 14. The molecule has 188 valence electrons. The normalized spacial score (nSPS) is 25.8. The van der Waals surface area contributed by atoms with Crippen LogP contribution in [0.4, 0.5) is 0 Å². The van der Waals surface area contributed by atoms with Crippen molar-refractivity contribution >= 4 is 11.9 Å². The van der Waals surface area contributed by atoms with Crippen molar-refractivity contribution in [2.24, 2.45) is 11.8 Å². The van der Waals surface area contributed by atoms with E-state index in [2.05, 4.69) is 18.8 Å². The Morgan fingerprint density at radius 2 is 1.88 bits per heavy atom. The molecule has 0 spiro atoms. The van der Waals surface area contributed by atoms with Crippen molar-refractivity contribution < 1.29 is 28.9 Å². The maximum atomic E-state index is 11.8. The number of esters is 1. The highest BCUT2D eigenvalue weighted by Crippen LogP contribution is 2.41. The molecule has 0 amide bonds. The monoisotopic (exact) mass is 464 g/mol. The number of carboxylic acids is 1. The molecule has 0 aromatic heterocycles. The van der Waals surface area contributed by atoms with Crippen molar-refractivity contribution in [1.82, 2.24) is 0 Å². The van der Waals surface area contributed by atoms with Crippen LogP contribution in [0.5, 0.6) is 0 Å². The van der Waals surface area contributed by atoms with E-state index in [1.165, 1.54) is 6.92 Å². The quantitative estimate of drug-likeness (QED) is 0.197. The summed E-state index contributed by atoms with van der Waals surface area (Å²) in [5.74, 6) is 5.97. The summed E-state index contributed by atoms with van der Waals surface area (Å²) in [6.45, 7) is 4.40. The Bertz CT molecular complexity index is 630. The maximum absolute atomic E-state index is 11.8. The number of carboxylic acid groups (broad SMARTS) is 1. The molecule has 5 unspecified atom stereocenters. The molecule has 1 aliphatic carbocycles. The van der Waals surface area contributed by atoms with Gasteiger partial charge in [0.2, 0.25) is 0 Å². The van der Waals surface area contributed by atoms with Gasteiger partial charge in [-0.05, 0) is 57.3 Å². The fourth-order valence-electron chi connectivity index (χ4n) is 5.07. The first kappa shape index (κ1) is 27.7. The van der Waals surface area contributed by atoms with E-state index in [1.54, 1.807) is 0 Å². The molecule has 6 nitrogen and oxygen atoms in total. The van der Waals surface area contributed by atoms with Crippen LogP contribution in [-0.4, -0.2) is 42.1 Å². The Hall–Kier alpha value is -1.58. The zero-order valence-electron chi connectivity index (χ0n) is 20.7. The first-order valence-electron chi connectivity index (χ1n) is 13.2. The van der Waals surface area contributed by atoms with Gasteiger partial charge < -0.3 is 19.3 Å². The summed E-state index contributed by atoms with van der Waals surface area (Å²) in [5, 5.41) is 8.84. The van der Waals surface area contributed by atoms with Crippen molar-refractivity contribution in [2.45, 2.75) is 129 Å². The number of carbonyl (C=O) groups excluding carboxylic acids is 1. The average Bonchev–Trinajstić information content (AvgIpc) is 3.17. The van der Waals surface area contributed by atoms with Gasteiger partial charge in [0.15, 0.2) is 12.4 Å². The van der Waals surface area contributed by atoms with Gasteiger partial charge in [-0.15, -0.1) is 0 Å². The predicted molar refractivity (Wildman–Crippen MR) is 127 cm³/mol. The summed E-state index contributed by atoms with van der Waals surface area (Å²) < 4.78 is 18.0. The third-order valence-corrected chi connectivity index (χ3v) is 6.79. The second-order valence-corrected chi connectivity index (χ2v) is 9.53. The van der Waals surface area contributed by atoms with Crippen LogP contribution < -0.4 is 0 Å². The zero-order chi connectivity index (χ0) is 23.9. The maximum Gasteiger partial charge on any atom is 0.303 e. The van der Waals surface area contributed by atoms with E-state index in [1.807, 2.05) is 0 Å². The lowest BCUT2D eigenvalue weighted by atomic mass is 9.85. The largest absolute Gasteiger partial charge is 0.481 e. The Kier molecular flexibility index (Phi) is 13.5. The fraction of sp³-hybridized carbons (Fsp3) is 0.852. The smallest absolute Gasteiger partial charge is 0.303 e. The fourth-order valence-corrected chi connectivity index (χ4v) is 5.07. The molecule has 0 aromatic rings. The van der Waals surface area contributed by atoms with Gasteiger partial charge in [0.1, 0.15) is 0 Å². The summed E-state index contributed by atoms with van der Waals surface area (Å²) in [4.78, 5) is 22.6. The van der Waals surface area contributed by atoms with Gasteiger partial charge in [-0.25, -0.2) is 0 Å². The molecule has 5 atom stereocenters. The highest BCUT2D eigenvalue weighted by atomic mass is 16.7. The van der Waals surface area contributed by atoms with Crippen molar-refractivity contribution in [3.63, 3.8) is 0 Å². The molecule has 1 N–H and O–H groups in total. The summed E-state index contributed by atoms with van der Waals surface area (Å²) in [5.41, 5.74) is 0. The summed E-state index contributed by atoms with van der Waals surface area (Å²) in [7, 11) is 0. The van der Waals surface area contributed by atoms with Crippen LogP contribution in [0.2, 0.25) is 0 Å². The Labute approximate surface area is 200 Å². The molecule has 1 saturated carbocycles. The molecular weight excluding hydrogens is 420 g/mol. The lowest BCUT2D eigenvalue weighted by molar-refractivity contribution is -0.197. The SMILES string of the molecule is CCCCCC#CC(OC(C)=O)C1CCC(OC2CCCCO2)C1CCCCCCC(=O)O. The van der Waals surface area contributed by atoms with Crippen LogP contribution in [0.25, 0.3) is 0 Å². The lowest BCUT2D eigenvalue weighted by Crippen LogP contribution is -2.35. The van der Waals surface area contributed by atoms with Crippen LogP contribution in [0.15, 0.2) is 0 Å². The number of unbranched alkanes of at least 4 members (excludes halogenated alkanes) is 6. The topological polar surface area (TPSA) is 82.1 Å². The van der Waals surface area contributed by atoms with Gasteiger partial charge in [-0.2, -0.15) is 0 Å². The zero-order valence-corrected chi connectivity index (χ0v) is 20.7. The minimum absolute atomic E-state index is 0.0945. The second kappa shape index (κ2) is 16.1. The lowest BCUT2D eigenvalue weighted by Gasteiger charge is -2.32. The Balaban J connectivity index is 2.01. The average molecular weight is 465 g/mol. The van der Waals surface area contributed by atoms with Crippen molar-refractivity contribution in [2.75, 3.05) is 6.61 Å². The number of carbonyl (C=O) groups is 2. The molecule has 1 aliphatic heterocycles. The number of hydrogen-bond acceptors (Lipinski definition) is 5. The van der Waals surface area contributed by atoms with Crippen molar-refractivity contribution in [1.29, 1.82) is 0 Å². The number of aliphatic carboxylic acids is 1. The van der Waals surface area contributed by atoms with Gasteiger partial charge in [0.05, 0.1) is 6.10 Å². The first-order valence-corrected chi connectivity index (χ1v) is 13.2. The predicted octanol–water partition coefficient (Wildman–Crippen LogP) is 5.87. The Morgan fingerprint density at radius 1 is 1.06 bits per heavy atom. The van der Waals surface area contributed by atoms with E-state index in [9.17, 15) is 9.59 Å². The van der Waals surface area contributed by atoms with Crippen LogP contribution in [0.3, 0.4) is 0 Å². The minimum Gasteiger partial charge on any atom is -0.481 e. The van der Waals surface area contributed by atoms with E-state index in [-0.39, 0.29) is 42.7 Å². The molecule has 2 fully saturated rings. The molecular formula is C27H44O6. The van der Waals surface area contributed by atoms with E-state index in [0.717, 1.165) is 96.5 Å². The highest BCUT2D eigenvalue weighted by Gasteiger charge is 2.42. The number of hydrogen-bond donors (Lipinski definition) is 1. The molecule has 1 saturated heterocycles. The van der Waals surface area contributed by atoms with Crippen LogP contribution in [0, 0.1) is 23.7 Å². The van der Waals surface area contributed by atoms with Crippen LogP contribution >= 0.6 is 0 Å². The Morgan fingerprint density at radius 3 is 2.58 bits per heavy atom. The van der Waals surface area contributed by atoms with Gasteiger partial charge in [0, 0.05) is 32.3 Å². The van der Waals surface area contributed by atoms with Gasteiger partial charge >= 0.3 is 11.9 Å². The molecule has 33 heavy (non-hydrogen) atoms. The summed E-state index contributed by atoms with van der Waals surface area (Å²) in [6.07, 6.45) is 13.7. The van der Waals surface area contributed by atoms with Crippen molar-refractivity contribution in [3.8, 4) is 11.8 Å². The summed E-state index contributed by atoms with van der Waals surface area (Å²) >= 11 is 0. The molecule has 0 bridgehead atoms. The van der Waals surface area contributed by atoms with E-state index in [0.29, 0.717) is 0 Å². The molecule has 0 radical (unpaired) electrons. The van der Waals surface area contributed by atoms with Crippen molar-refractivity contribution in [3.05, 3.63) is 0 Å². The standard InChI is InChI=1S/C27H44O6/c1-3-4-5-6-10-15-24(32-21(2)28)23-18-19-25(33-27-17-12-13-20-31-27)22(23)14-9-7-8-11-16-26(29)30/h22-25,27H,3-9,11-14,16-20H2,1-2H3,(H,29,30). The van der Waals surface area contributed by atoms with E-state index < -0.39 is 5.97 Å². The molecule has 2 aliphatic rings. The van der Waals surface area contributed by atoms with Crippen LogP contribution in [0.1, 0.15) is 110 Å². The minimum atomic E-state index is -0.728. The third-order valence-electron chi connectivity index (χ3n) is 6.79. The molecule has 1 heterocycles. The van der Waals surface area contributed by atoms with Gasteiger partial charge in [-0.1, -0.05) is 50.9 Å². The van der Waals surface area contributed by atoms with Gasteiger partial charge in [-0.3, -0.25) is 9.59 Å². The first-order chi connectivity index (χ1) is 16.0. The molecule has 2 rings (SSSR count). The summed E-state index contributed by atoms with van der Waals surface area (Å²) in [6, 6.07) is 0. The van der Waals surface area contributed by atoms with Crippen LogP contribution in [-0.2, 0) is 23.8 Å². The molecule has 0 aromatic carbocycles. The van der Waals surface area contributed by atoms with Gasteiger partial charge in [0.25, 0.3) is 0 Å². The highest BCUT2D eigenvalue weighted by molar-refractivity contribution is 5.66. The molecule has 6 heteroatoms. The third kappa shape index (κ3) is 10.9. The van der Waals surface area contributed by atoms with E-state index in [4.69, 9.17) is 19.3 Å². The van der Waals surface area contributed by atoms with E-state index >= 15 is 0 Å². The second-order valence-electron chi connectivity index (χ2n) is 9.53. The number of ether oxygens (including phenoxy) is 3.